The van der Waals surface area contributed by atoms with Gasteiger partial charge < -0.3 is 14.5 Å². The predicted octanol–water partition coefficient (Wildman–Crippen LogP) is 3.89. The molecule has 0 aliphatic carbocycles. The van der Waals surface area contributed by atoms with Crippen molar-refractivity contribution in [1.82, 2.24) is 9.80 Å². The maximum atomic E-state index is 13.9. The van der Waals surface area contributed by atoms with Gasteiger partial charge in [0.2, 0.25) is 0 Å². The first kappa shape index (κ1) is 20.4. The number of carbonyl (C=O) groups excluding carboxylic acids is 2. The van der Waals surface area contributed by atoms with E-state index in [1.54, 1.807) is 40.1 Å². The zero-order valence-electron chi connectivity index (χ0n) is 15.0. The normalized spacial score (nSPS) is 14.5. The van der Waals surface area contributed by atoms with Crippen LogP contribution in [0.5, 0.6) is 5.75 Å². The standard InChI is InChI=1S/C20H19Cl2FN2O3/c21-16-7-6-14(12-17(16)22)28-13-19(26)24-8-3-9-25(11-10-24)20(27)15-4-1-2-5-18(15)23/h1-2,4-7,12H,3,8-11,13H2. The van der Waals surface area contributed by atoms with Crippen molar-refractivity contribution in [2.75, 3.05) is 32.8 Å². The Morgan fingerprint density at radius 3 is 2.43 bits per heavy atom. The van der Waals surface area contributed by atoms with Crippen LogP contribution in [0.25, 0.3) is 0 Å². The van der Waals surface area contributed by atoms with E-state index in [-0.39, 0.29) is 24.0 Å². The first-order chi connectivity index (χ1) is 13.5. The molecule has 148 valence electrons. The third-order valence-corrected chi connectivity index (χ3v) is 5.23. The number of benzene rings is 2. The highest BCUT2D eigenvalue weighted by Gasteiger charge is 2.24. The molecule has 0 N–H and O–H groups in total. The van der Waals surface area contributed by atoms with Gasteiger partial charge in [-0.15, -0.1) is 0 Å². The van der Waals surface area contributed by atoms with E-state index < -0.39 is 5.82 Å². The molecule has 0 radical (unpaired) electrons. The van der Waals surface area contributed by atoms with Crippen LogP contribution < -0.4 is 4.74 Å². The molecule has 3 rings (SSSR count). The van der Waals surface area contributed by atoms with Gasteiger partial charge in [0.25, 0.3) is 11.8 Å². The van der Waals surface area contributed by atoms with E-state index >= 15 is 0 Å². The van der Waals surface area contributed by atoms with Crippen LogP contribution in [0.2, 0.25) is 10.0 Å². The number of carbonyl (C=O) groups is 2. The number of nitrogens with zero attached hydrogens (tertiary/aromatic N) is 2. The van der Waals surface area contributed by atoms with E-state index in [0.29, 0.717) is 48.4 Å². The number of halogens is 3. The van der Waals surface area contributed by atoms with Gasteiger partial charge in [-0.1, -0.05) is 35.3 Å². The smallest absolute Gasteiger partial charge is 0.260 e. The minimum absolute atomic E-state index is 0.0465. The number of rotatable bonds is 4. The molecule has 0 bridgehead atoms. The molecule has 5 nitrogen and oxygen atoms in total. The van der Waals surface area contributed by atoms with Gasteiger partial charge in [-0.2, -0.15) is 0 Å². The minimum atomic E-state index is -0.542. The summed E-state index contributed by atoms with van der Waals surface area (Å²) in [5, 5.41) is 0.760. The van der Waals surface area contributed by atoms with Crippen LogP contribution in [0, 0.1) is 5.82 Å². The topological polar surface area (TPSA) is 49.9 Å². The Hall–Kier alpha value is -2.31. The fourth-order valence-corrected chi connectivity index (χ4v) is 3.27. The lowest BCUT2D eigenvalue weighted by molar-refractivity contribution is -0.133. The van der Waals surface area contributed by atoms with Crippen molar-refractivity contribution in [3.8, 4) is 5.75 Å². The second kappa shape index (κ2) is 9.26. The van der Waals surface area contributed by atoms with Crippen LogP contribution in [0.3, 0.4) is 0 Å². The summed E-state index contributed by atoms with van der Waals surface area (Å²) in [6.07, 6.45) is 0.610. The average molecular weight is 425 g/mol. The van der Waals surface area contributed by atoms with Gasteiger partial charge in [0.15, 0.2) is 6.61 Å². The zero-order chi connectivity index (χ0) is 20.1. The lowest BCUT2D eigenvalue weighted by atomic mass is 10.2. The average Bonchev–Trinajstić information content (AvgIpc) is 2.95. The lowest BCUT2D eigenvalue weighted by Gasteiger charge is -2.22. The van der Waals surface area contributed by atoms with Crippen LogP contribution >= 0.6 is 23.2 Å². The summed E-state index contributed by atoms with van der Waals surface area (Å²) in [5.41, 5.74) is 0.0465. The first-order valence-corrected chi connectivity index (χ1v) is 9.60. The molecule has 2 aromatic carbocycles. The molecule has 1 fully saturated rings. The maximum absolute atomic E-state index is 13.9. The fourth-order valence-electron chi connectivity index (χ4n) is 2.98. The van der Waals surface area contributed by atoms with Crippen LogP contribution in [0.1, 0.15) is 16.8 Å². The van der Waals surface area contributed by atoms with E-state index in [0.717, 1.165) is 0 Å². The van der Waals surface area contributed by atoms with Gasteiger partial charge in [-0.05, 0) is 30.7 Å². The molecule has 0 aromatic heterocycles. The third kappa shape index (κ3) is 4.94. The highest BCUT2D eigenvalue weighted by molar-refractivity contribution is 6.42. The molecular weight excluding hydrogens is 406 g/mol. The predicted molar refractivity (Wildman–Crippen MR) is 105 cm³/mol. The van der Waals surface area contributed by atoms with Gasteiger partial charge >= 0.3 is 0 Å². The highest BCUT2D eigenvalue weighted by Crippen LogP contribution is 2.26. The molecule has 0 spiro atoms. The van der Waals surface area contributed by atoms with Crippen LogP contribution in [-0.2, 0) is 4.79 Å². The van der Waals surface area contributed by atoms with Crippen molar-refractivity contribution in [1.29, 1.82) is 0 Å². The lowest BCUT2D eigenvalue weighted by Crippen LogP contribution is -2.39. The quantitative estimate of drug-likeness (QED) is 0.747. The summed E-state index contributed by atoms with van der Waals surface area (Å²) in [6, 6.07) is 10.7. The molecule has 1 aliphatic rings. The third-order valence-electron chi connectivity index (χ3n) is 4.49. The second-order valence-electron chi connectivity index (χ2n) is 6.37. The molecule has 1 saturated heterocycles. The molecule has 1 heterocycles. The number of hydrogen-bond acceptors (Lipinski definition) is 3. The fraction of sp³-hybridized carbons (Fsp3) is 0.300. The van der Waals surface area contributed by atoms with Crippen LogP contribution in [-0.4, -0.2) is 54.4 Å². The first-order valence-electron chi connectivity index (χ1n) is 8.85. The zero-order valence-corrected chi connectivity index (χ0v) is 16.5. The Bertz CT molecular complexity index is 878. The summed E-state index contributed by atoms with van der Waals surface area (Å²) in [5.74, 6) is -0.639. The van der Waals surface area contributed by atoms with E-state index in [1.807, 2.05) is 0 Å². The Kier molecular flexibility index (Phi) is 6.75. The number of hydrogen-bond donors (Lipinski definition) is 0. The summed E-state index contributed by atoms with van der Waals surface area (Å²) >= 11 is 11.8. The molecule has 0 unspecified atom stereocenters. The Morgan fingerprint density at radius 1 is 0.964 bits per heavy atom. The van der Waals surface area contributed by atoms with Crippen molar-refractivity contribution in [2.24, 2.45) is 0 Å². The van der Waals surface area contributed by atoms with Gasteiger partial charge in [0, 0.05) is 32.2 Å². The van der Waals surface area contributed by atoms with E-state index in [9.17, 15) is 14.0 Å². The highest BCUT2D eigenvalue weighted by atomic mass is 35.5. The molecule has 28 heavy (non-hydrogen) atoms. The summed E-state index contributed by atoms with van der Waals surface area (Å²) < 4.78 is 19.4. The van der Waals surface area contributed by atoms with Crippen LogP contribution in [0.15, 0.2) is 42.5 Å². The summed E-state index contributed by atoms with van der Waals surface area (Å²) in [4.78, 5) is 28.2. The monoisotopic (exact) mass is 424 g/mol. The summed E-state index contributed by atoms with van der Waals surface area (Å²) in [7, 11) is 0. The van der Waals surface area contributed by atoms with Crippen molar-refractivity contribution in [3.63, 3.8) is 0 Å². The van der Waals surface area contributed by atoms with Gasteiger partial charge in [-0.3, -0.25) is 9.59 Å². The Morgan fingerprint density at radius 2 is 1.68 bits per heavy atom. The van der Waals surface area contributed by atoms with E-state index in [1.165, 1.54) is 12.1 Å². The molecule has 0 saturated carbocycles. The molecular formula is C20H19Cl2FN2O3. The largest absolute Gasteiger partial charge is 0.484 e. The van der Waals surface area contributed by atoms with Gasteiger partial charge in [-0.25, -0.2) is 4.39 Å². The number of ether oxygens (including phenoxy) is 1. The Balaban J connectivity index is 1.55. The minimum Gasteiger partial charge on any atom is -0.484 e. The van der Waals surface area contributed by atoms with E-state index in [4.69, 9.17) is 27.9 Å². The number of amides is 2. The van der Waals surface area contributed by atoms with Crippen LogP contribution in [0.4, 0.5) is 4.39 Å². The van der Waals surface area contributed by atoms with Crippen molar-refractivity contribution < 1.29 is 18.7 Å². The van der Waals surface area contributed by atoms with Crippen molar-refractivity contribution in [2.45, 2.75) is 6.42 Å². The SMILES string of the molecule is O=C(COc1ccc(Cl)c(Cl)c1)N1CCCN(C(=O)c2ccccc2F)CC1. The van der Waals surface area contributed by atoms with Crippen molar-refractivity contribution >= 4 is 35.0 Å². The van der Waals surface area contributed by atoms with Crippen molar-refractivity contribution in [3.05, 3.63) is 63.9 Å². The second-order valence-corrected chi connectivity index (χ2v) is 7.19. The van der Waals surface area contributed by atoms with Gasteiger partial charge in [0.1, 0.15) is 11.6 Å². The molecule has 2 amide bonds. The maximum Gasteiger partial charge on any atom is 0.260 e. The Labute approximate surface area is 172 Å². The molecule has 0 atom stereocenters. The molecule has 8 heteroatoms. The molecule has 1 aliphatic heterocycles. The van der Waals surface area contributed by atoms with E-state index in [2.05, 4.69) is 0 Å². The molecule has 2 aromatic rings. The van der Waals surface area contributed by atoms with Gasteiger partial charge in [0.05, 0.1) is 15.6 Å². The summed E-state index contributed by atoms with van der Waals surface area (Å²) in [6.45, 7) is 1.53.